The van der Waals surface area contributed by atoms with Gasteiger partial charge in [-0.3, -0.25) is 0 Å². The van der Waals surface area contributed by atoms with E-state index in [0.717, 1.165) is 0 Å². The van der Waals surface area contributed by atoms with Crippen LogP contribution in [0.1, 0.15) is 27.7 Å². The fourth-order valence-corrected chi connectivity index (χ4v) is 1.93. The van der Waals surface area contributed by atoms with E-state index >= 15 is 0 Å². The Hall–Kier alpha value is 0.200. The Morgan fingerprint density at radius 3 is 2.00 bits per heavy atom. The second kappa shape index (κ2) is 5.17. The van der Waals surface area contributed by atoms with Crippen molar-refractivity contribution in [2.24, 2.45) is 5.92 Å². The number of rotatable bonds is 5. The largest absolute Gasteiger partial charge is 0.214 e. The first-order valence-corrected chi connectivity index (χ1v) is 6.46. The lowest BCUT2D eigenvalue weighted by molar-refractivity contribution is 0.477. The molecule has 1 N–H and O–H groups in total. The van der Waals surface area contributed by atoms with E-state index in [-0.39, 0.29) is 12.0 Å². The van der Waals surface area contributed by atoms with Crippen molar-refractivity contribution >= 4 is 21.6 Å². The molecule has 0 aromatic carbocycles. The molecule has 3 nitrogen and oxygen atoms in total. The van der Waals surface area contributed by atoms with E-state index in [1.807, 2.05) is 13.8 Å². The van der Waals surface area contributed by atoms with Crippen LogP contribution in [0, 0.1) is 5.92 Å². The van der Waals surface area contributed by atoms with Crippen molar-refractivity contribution < 1.29 is 8.42 Å². The maximum Gasteiger partial charge on any atom is 0.214 e. The summed E-state index contributed by atoms with van der Waals surface area (Å²) in [5.74, 6) is 0.608. The van der Waals surface area contributed by atoms with Crippen molar-refractivity contribution in [3.05, 3.63) is 0 Å². The Morgan fingerprint density at radius 2 is 1.69 bits per heavy atom. The van der Waals surface area contributed by atoms with Crippen molar-refractivity contribution in [2.75, 3.05) is 5.88 Å². The summed E-state index contributed by atoms with van der Waals surface area (Å²) in [6.07, 6.45) is 0. The van der Waals surface area contributed by atoms with Gasteiger partial charge in [0, 0.05) is 11.9 Å². The van der Waals surface area contributed by atoms with Crippen molar-refractivity contribution in [3.63, 3.8) is 0 Å². The van der Waals surface area contributed by atoms with Gasteiger partial charge in [-0.15, -0.1) is 11.6 Å². The highest BCUT2D eigenvalue weighted by atomic mass is 35.5. The molecule has 0 bridgehead atoms. The van der Waals surface area contributed by atoms with Crippen LogP contribution in [0.5, 0.6) is 0 Å². The molecule has 0 saturated carbocycles. The second-order valence-electron chi connectivity index (χ2n) is 3.63. The Bertz CT molecular complexity index is 239. The van der Waals surface area contributed by atoms with E-state index in [0.29, 0.717) is 5.88 Å². The zero-order chi connectivity index (χ0) is 10.6. The van der Waals surface area contributed by atoms with Gasteiger partial charge in [0.05, 0.1) is 5.25 Å². The summed E-state index contributed by atoms with van der Waals surface area (Å²) < 4.78 is 25.4. The molecule has 0 fully saturated rings. The van der Waals surface area contributed by atoms with Crippen molar-refractivity contribution in [1.82, 2.24) is 4.72 Å². The van der Waals surface area contributed by atoms with Crippen LogP contribution < -0.4 is 4.72 Å². The minimum atomic E-state index is -3.16. The normalized spacial score (nSPS) is 17.4. The number of nitrogens with one attached hydrogen (secondary N) is 1. The Labute approximate surface area is 85.9 Å². The maximum atomic E-state index is 11.4. The fourth-order valence-electron chi connectivity index (χ4n) is 0.645. The molecule has 2 unspecified atom stereocenters. The quantitative estimate of drug-likeness (QED) is 0.725. The predicted octanol–water partition coefficient (Wildman–Crippen LogP) is 1.58. The van der Waals surface area contributed by atoms with Crippen molar-refractivity contribution in [2.45, 2.75) is 39.0 Å². The van der Waals surface area contributed by atoms with Crippen LogP contribution in [0.15, 0.2) is 0 Å². The second-order valence-corrected chi connectivity index (χ2v) is 6.21. The number of halogens is 1. The van der Waals surface area contributed by atoms with Gasteiger partial charge in [-0.1, -0.05) is 6.92 Å². The zero-order valence-corrected chi connectivity index (χ0v) is 10.1. The number of alkyl halides is 1. The minimum Gasteiger partial charge on any atom is -0.212 e. The third-order valence-corrected chi connectivity index (χ3v) is 4.50. The summed E-state index contributed by atoms with van der Waals surface area (Å²) in [7, 11) is -3.16. The van der Waals surface area contributed by atoms with Crippen molar-refractivity contribution in [3.8, 4) is 0 Å². The number of hydrogen-bond acceptors (Lipinski definition) is 2. The number of hydrogen-bond donors (Lipinski definition) is 1. The highest BCUT2D eigenvalue weighted by Gasteiger charge is 2.21. The van der Waals surface area contributed by atoms with E-state index in [1.165, 1.54) is 0 Å². The van der Waals surface area contributed by atoms with Gasteiger partial charge in [0.15, 0.2) is 0 Å². The molecule has 5 heteroatoms. The summed E-state index contributed by atoms with van der Waals surface area (Å²) in [5, 5.41) is -0.391. The lowest BCUT2D eigenvalue weighted by Gasteiger charge is -2.20. The van der Waals surface area contributed by atoms with Gasteiger partial charge in [0.1, 0.15) is 0 Å². The summed E-state index contributed by atoms with van der Waals surface area (Å²) in [5.41, 5.74) is 0. The lowest BCUT2D eigenvalue weighted by Crippen LogP contribution is -2.41. The Morgan fingerprint density at radius 1 is 1.23 bits per heavy atom. The Balaban J connectivity index is 4.29. The zero-order valence-electron chi connectivity index (χ0n) is 8.54. The van der Waals surface area contributed by atoms with Gasteiger partial charge in [-0.05, 0) is 26.7 Å². The molecule has 0 rings (SSSR count). The molecular formula is C8H18ClNO2S. The monoisotopic (exact) mass is 227 g/mol. The smallest absolute Gasteiger partial charge is 0.212 e. The summed E-state index contributed by atoms with van der Waals surface area (Å²) in [6, 6.07) is -0.107. The van der Waals surface area contributed by atoms with Gasteiger partial charge < -0.3 is 0 Å². The molecule has 0 amide bonds. The molecule has 80 valence electrons. The van der Waals surface area contributed by atoms with Crippen LogP contribution in [0.2, 0.25) is 0 Å². The average molecular weight is 228 g/mol. The minimum absolute atomic E-state index is 0.107. The fraction of sp³-hybridized carbons (Fsp3) is 1.00. The molecule has 0 aliphatic carbocycles. The molecule has 0 aliphatic rings. The topological polar surface area (TPSA) is 46.2 Å². The average Bonchev–Trinajstić information content (AvgIpc) is 2.01. The first-order chi connectivity index (χ1) is 5.81. The van der Waals surface area contributed by atoms with Gasteiger partial charge in [0.25, 0.3) is 0 Å². The highest BCUT2D eigenvalue weighted by Crippen LogP contribution is 2.07. The Kier molecular flexibility index (Phi) is 5.25. The highest BCUT2D eigenvalue weighted by molar-refractivity contribution is 7.90. The third kappa shape index (κ3) is 4.29. The molecule has 13 heavy (non-hydrogen) atoms. The molecule has 0 heterocycles. The third-order valence-electron chi connectivity index (χ3n) is 2.07. The van der Waals surface area contributed by atoms with Crippen LogP contribution in [-0.4, -0.2) is 25.6 Å². The molecular weight excluding hydrogens is 210 g/mol. The first-order valence-electron chi connectivity index (χ1n) is 4.38. The number of sulfonamides is 1. The molecule has 0 aromatic heterocycles. The molecule has 0 aliphatic heterocycles. The van der Waals surface area contributed by atoms with Crippen LogP contribution >= 0.6 is 11.6 Å². The van der Waals surface area contributed by atoms with E-state index in [9.17, 15) is 8.42 Å². The van der Waals surface area contributed by atoms with Gasteiger partial charge in [-0.25, -0.2) is 13.1 Å². The van der Waals surface area contributed by atoms with Crippen LogP contribution in [0.4, 0.5) is 0 Å². The van der Waals surface area contributed by atoms with Crippen LogP contribution in [0.3, 0.4) is 0 Å². The van der Waals surface area contributed by atoms with Crippen LogP contribution in [-0.2, 0) is 10.0 Å². The summed E-state index contributed by atoms with van der Waals surface area (Å²) in [4.78, 5) is 0. The first kappa shape index (κ1) is 13.2. The van der Waals surface area contributed by atoms with Crippen LogP contribution in [0.25, 0.3) is 0 Å². The molecule has 2 atom stereocenters. The van der Waals surface area contributed by atoms with E-state index in [1.54, 1.807) is 13.8 Å². The predicted molar refractivity (Wildman–Crippen MR) is 56.5 cm³/mol. The molecule has 0 radical (unpaired) electrons. The van der Waals surface area contributed by atoms with Gasteiger partial charge in [-0.2, -0.15) is 0 Å². The van der Waals surface area contributed by atoms with E-state index in [2.05, 4.69) is 4.72 Å². The summed E-state index contributed by atoms with van der Waals surface area (Å²) in [6.45, 7) is 7.05. The van der Waals surface area contributed by atoms with Gasteiger partial charge in [0.2, 0.25) is 10.0 Å². The standard InChI is InChI=1S/C8H18ClNO2S/c1-6(2)13(11,12)10-8(4)7(3)5-9/h6-8,10H,5H2,1-4H3. The van der Waals surface area contributed by atoms with Gasteiger partial charge >= 0.3 is 0 Å². The lowest BCUT2D eigenvalue weighted by atomic mass is 10.1. The molecule has 0 saturated heterocycles. The van der Waals surface area contributed by atoms with E-state index < -0.39 is 15.3 Å². The molecule has 0 spiro atoms. The maximum absolute atomic E-state index is 11.4. The van der Waals surface area contributed by atoms with Crippen molar-refractivity contribution in [1.29, 1.82) is 0 Å². The van der Waals surface area contributed by atoms with E-state index in [4.69, 9.17) is 11.6 Å². The summed E-state index contributed by atoms with van der Waals surface area (Å²) >= 11 is 5.62. The molecule has 0 aromatic rings. The SMILES string of the molecule is CC(CCl)C(C)NS(=O)(=O)C(C)C.